The van der Waals surface area contributed by atoms with Gasteiger partial charge in [-0.15, -0.1) is 12.4 Å². The summed E-state index contributed by atoms with van der Waals surface area (Å²) in [6.07, 6.45) is 3.02. The number of nitrogens with one attached hydrogen (secondary N) is 2. The smallest absolute Gasteiger partial charge is 0.180 e. The lowest BCUT2D eigenvalue weighted by Crippen LogP contribution is -2.16. The monoisotopic (exact) mass is 490 g/mol. The second-order valence-corrected chi connectivity index (χ2v) is 8.15. The van der Waals surface area contributed by atoms with Crippen LogP contribution in [0.3, 0.4) is 0 Å². The fourth-order valence-electron chi connectivity index (χ4n) is 3.55. The lowest BCUT2D eigenvalue weighted by molar-refractivity contribution is 0.284. The Hall–Kier alpha value is -2.37. The molecule has 1 aromatic heterocycles. The van der Waals surface area contributed by atoms with Crippen molar-refractivity contribution < 1.29 is 9.47 Å². The highest BCUT2D eigenvalue weighted by molar-refractivity contribution is 6.32. The normalized spacial score (nSPS) is 10.7. The molecule has 0 saturated carbocycles. The van der Waals surface area contributed by atoms with E-state index in [1.807, 2.05) is 42.5 Å². The molecule has 32 heavy (non-hydrogen) atoms. The van der Waals surface area contributed by atoms with Gasteiger partial charge in [-0.2, -0.15) is 0 Å². The summed E-state index contributed by atoms with van der Waals surface area (Å²) in [6, 6.07) is 19.8. The number of hydrogen-bond acceptors (Lipinski definition) is 3. The molecule has 4 nitrogen and oxygen atoms in total. The topological polar surface area (TPSA) is 46.3 Å². The summed E-state index contributed by atoms with van der Waals surface area (Å²) in [7, 11) is 1.62. The fourth-order valence-corrected chi connectivity index (χ4v) is 3.96. The summed E-state index contributed by atoms with van der Waals surface area (Å²) in [6.45, 7) is 1.93. The van der Waals surface area contributed by atoms with Crippen LogP contribution in [0.1, 0.15) is 16.7 Å². The molecule has 0 saturated heterocycles. The SMILES string of the molecule is COc1cc(CNCCc2c[nH]c3ccccc23)cc(Cl)c1OCc1ccc(Cl)cc1.Cl. The largest absolute Gasteiger partial charge is 0.493 e. The predicted octanol–water partition coefficient (Wildman–Crippen LogP) is 6.82. The zero-order valence-corrected chi connectivity index (χ0v) is 20.0. The van der Waals surface area contributed by atoms with E-state index in [0.717, 1.165) is 24.1 Å². The highest BCUT2D eigenvalue weighted by atomic mass is 35.5. The van der Waals surface area contributed by atoms with Gasteiger partial charge >= 0.3 is 0 Å². The second kappa shape index (κ2) is 11.5. The molecule has 2 N–H and O–H groups in total. The first kappa shape index (κ1) is 24.3. The Kier molecular flexibility index (Phi) is 8.71. The molecule has 0 spiro atoms. The minimum absolute atomic E-state index is 0. The molecular formula is C25H25Cl3N2O2. The van der Waals surface area contributed by atoms with Crippen molar-refractivity contribution in [2.75, 3.05) is 13.7 Å². The van der Waals surface area contributed by atoms with Crippen molar-refractivity contribution in [1.82, 2.24) is 10.3 Å². The highest BCUT2D eigenvalue weighted by Gasteiger charge is 2.12. The summed E-state index contributed by atoms with van der Waals surface area (Å²) < 4.78 is 11.5. The first-order valence-corrected chi connectivity index (χ1v) is 10.9. The van der Waals surface area contributed by atoms with Crippen LogP contribution >= 0.6 is 35.6 Å². The van der Waals surface area contributed by atoms with E-state index in [1.165, 1.54) is 16.5 Å². The maximum absolute atomic E-state index is 6.51. The summed E-state index contributed by atoms with van der Waals surface area (Å²) in [5, 5.41) is 5.98. The first-order chi connectivity index (χ1) is 15.1. The van der Waals surface area contributed by atoms with E-state index in [0.29, 0.717) is 34.7 Å². The van der Waals surface area contributed by atoms with Crippen LogP contribution in [0, 0.1) is 0 Å². The van der Waals surface area contributed by atoms with E-state index < -0.39 is 0 Å². The molecule has 1 heterocycles. The average Bonchev–Trinajstić information content (AvgIpc) is 3.20. The van der Waals surface area contributed by atoms with Crippen LogP contribution in [-0.4, -0.2) is 18.6 Å². The van der Waals surface area contributed by atoms with Crippen LogP contribution < -0.4 is 14.8 Å². The Balaban J connectivity index is 0.00000289. The molecule has 168 valence electrons. The van der Waals surface area contributed by atoms with Gasteiger partial charge in [-0.25, -0.2) is 0 Å². The number of benzene rings is 3. The molecule has 0 aliphatic heterocycles. The number of aromatic amines is 1. The van der Waals surface area contributed by atoms with Crippen molar-refractivity contribution in [3.05, 3.63) is 93.6 Å². The van der Waals surface area contributed by atoms with Gasteiger partial charge in [0.15, 0.2) is 11.5 Å². The average molecular weight is 492 g/mol. The number of fused-ring (bicyclic) bond motifs is 1. The minimum Gasteiger partial charge on any atom is -0.493 e. The summed E-state index contributed by atoms with van der Waals surface area (Å²) in [5.41, 5.74) is 4.53. The van der Waals surface area contributed by atoms with E-state index in [-0.39, 0.29) is 12.4 Å². The summed E-state index contributed by atoms with van der Waals surface area (Å²) in [5.74, 6) is 1.16. The number of H-pyrrole nitrogens is 1. The highest BCUT2D eigenvalue weighted by Crippen LogP contribution is 2.37. The van der Waals surface area contributed by atoms with E-state index in [1.54, 1.807) is 7.11 Å². The van der Waals surface area contributed by atoms with Gasteiger partial charge in [-0.3, -0.25) is 0 Å². The molecule has 0 atom stereocenters. The van der Waals surface area contributed by atoms with Crippen molar-refractivity contribution in [3.8, 4) is 11.5 Å². The summed E-state index contributed by atoms with van der Waals surface area (Å²) in [4.78, 5) is 3.32. The predicted molar refractivity (Wildman–Crippen MR) is 135 cm³/mol. The van der Waals surface area contributed by atoms with Gasteiger partial charge in [0.25, 0.3) is 0 Å². The molecule has 0 aliphatic rings. The van der Waals surface area contributed by atoms with Gasteiger partial charge in [-0.1, -0.05) is 53.5 Å². The third kappa shape index (κ3) is 5.90. The maximum atomic E-state index is 6.51. The zero-order chi connectivity index (χ0) is 21.6. The number of para-hydroxylation sites is 1. The van der Waals surface area contributed by atoms with Crippen LogP contribution in [0.4, 0.5) is 0 Å². The number of methoxy groups -OCH3 is 1. The molecule has 0 unspecified atom stereocenters. The van der Waals surface area contributed by atoms with Crippen LogP contribution in [0.5, 0.6) is 11.5 Å². The molecular weight excluding hydrogens is 467 g/mol. The van der Waals surface area contributed by atoms with Crippen molar-refractivity contribution in [3.63, 3.8) is 0 Å². The third-order valence-electron chi connectivity index (χ3n) is 5.16. The van der Waals surface area contributed by atoms with Crippen molar-refractivity contribution in [2.24, 2.45) is 0 Å². The van der Waals surface area contributed by atoms with Gasteiger partial charge in [0, 0.05) is 28.7 Å². The van der Waals surface area contributed by atoms with E-state index in [2.05, 4.69) is 34.7 Å². The Morgan fingerprint density at radius 3 is 2.53 bits per heavy atom. The van der Waals surface area contributed by atoms with Gasteiger partial charge in [0.2, 0.25) is 0 Å². The van der Waals surface area contributed by atoms with E-state index in [9.17, 15) is 0 Å². The van der Waals surface area contributed by atoms with Crippen LogP contribution in [-0.2, 0) is 19.6 Å². The molecule has 0 amide bonds. The van der Waals surface area contributed by atoms with Crippen molar-refractivity contribution in [2.45, 2.75) is 19.6 Å². The Labute approximate surface area is 204 Å². The van der Waals surface area contributed by atoms with Gasteiger partial charge < -0.3 is 19.8 Å². The quantitative estimate of drug-likeness (QED) is 0.253. The van der Waals surface area contributed by atoms with Crippen LogP contribution in [0.25, 0.3) is 10.9 Å². The molecule has 0 aliphatic carbocycles. The zero-order valence-electron chi connectivity index (χ0n) is 17.7. The Bertz CT molecular complexity index is 1160. The number of ether oxygens (including phenoxy) is 2. The minimum atomic E-state index is 0. The van der Waals surface area contributed by atoms with Gasteiger partial charge in [0.05, 0.1) is 12.1 Å². The third-order valence-corrected chi connectivity index (χ3v) is 5.69. The number of hydrogen-bond donors (Lipinski definition) is 2. The maximum Gasteiger partial charge on any atom is 0.180 e. The molecule has 0 radical (unpaired) electrons. The first-order valence-electron chi connectivity index (χ1n) is 10.1. The van der Waals surface area contributed by atoms with Crippen molar-refractivity contribution >= 4 is 46.5 Å². The number of halogens is 3. The number of aromatic nitrogens is 1. The lowest BCUT2D eigenvalue weighted by Gasteiger charge is -2.15. The molecule has 0 fully saturated rings. The van der Waals surface area contributed by atoms with Gasteiger partial charge in [0.1, 0.15) is 6.61 Å². The molecule has 0 bridgehead atoms. The number of rotatable bonds is 9. The van der Waals surface area contributed by atoms with Crippen molar-refractivity contribution in [1.29, 1.82) is 0 Å². The molecule has 4 rings (SSSR count). The molecule has 7 heteroatoms. The summed E-state index contributed by atoms with van der Waals surface area (Å²) >= 11 is 12.4. The fraction of sp³-hybridized carbons (Fsp3) is 0.200. The standard InChI is InChI=1S/C25H24Cl2N2O2.ClH/c1-30-24-13-18(12-22(27)25(24)31-16-17-6-8-20(26)9-7-17)14-28-11-10-19-15-29-23-5-3-2-4-21(19)23;/h2-9,12-13,15,28-29H,10-11,14,16H2,1H3;1H. The van der Waals surface area contributed by atoms with Crippen LogP contribution in [0.2, 0.25) is 10.0 Å². The molecule has 4 aromatic rings. The van der Waals surface area contributed by atoms with E-state index in [4.69, 9.17) is 32.7 Å². The van der Waals surface area contributed by atoms with Gasteiger partial charge in [-0.05, 0) is 60.0 Å². The van der Waals surface area contributed by atoms with E-state index >= 15 is 0 Å². The molecule has 3 aromatic carbocycles. The van der Waals surface area contributed by atoms with Crippen LogP contribution in [0.15, 0.2) is 66.9 Å². The lowest BCUT2D eigenvalue weighted by atomic mass is 10.1. The second-order valence-electron chi connectivity index (χ2n) is 7.31. The Morgan fingerprint density at radius 2 is 1.75 bits per heavy atom. The Morgan fingerprint density at radius 1 is 0.969 bits per heavy atom.